The largest absolute Gasteiger partial charge is 0.436 e. The molecule has 0 saturated carbocycles. The van der Waals surface area contributed by atoms with Gasteiger partial charge < -0.3 is 4.52 Å². The molecule has 0 aromatic heterocycles. The Balaban J connectivity index is 1.87. The van der Waals surface area contributed by atoms with Gasteiger partial charge in [0.25, 0.3) is 0 Å². The van der Waals surface area contributed by atoms with Gasteiger partial charge in [-0.25, -0.2) is 0 Å². The van der Waals surface area contributed by atoms with Crippen molar-refractivity contribution >= 4 is 29.3 Å². The predicted octanol–water partition coefficient (Wildman–Crippen LogP) is 7.79. The first-order valence-electron chi connectivity index (χ1n) is 12.0. The van der Waals surface area contributed by atoms with Crippen molar-refractivity contribution in [3.05, 3.63) is 132 Å². The van der Waals surface area contributed by atoms with E-state index < -0.39 is 7.37 Å². The number of rotatable bonds is 6. The Morgan fingerprint density at radius 2 is 1.26 bits per heavy atom. The van der Waals surface area contributed by atoms with Crippen LogP contribution in [-0.2, 0) is 9.09 Å². The highest BCUT2D eigenvalue weighted by Gasteiger charge is 2.40. The minimum atomic E-state index is -3.41. The van der Waals surface area contributed by atoms with Crippen LogP contribution in [0.25, 0.3) is 11.3 Å². The highest BCUT2D eigenvalue weighted by atomic mass is 31.2. The molecule has 4 aromatic carbocycles. The molecule has 2 nitrogen and oxygen atoms in total. The summed E-state index contributed by atoms with van der Waals surface area (Å²) in [7, 11) is -3.41. The molecule has 5 rings (SSSR count). The number of allylic oxidation sites excluding steroid dienone is 1. The zero-order valence-electron chi connectivity index (χ0n) is 19.4. The van der Waals surface area contributed by atoms with Gasteiger partial charge in [0, 0.05) is 17.1 Å². The molecule has 0 bridgehead atoms. The van der Waals surface area contributed by atoms with E-state index in [4.69, 9.17) is 4.52 Å². The van der Waals surface area contributed by atoms with Crippen LogP contribution >= 0.6 is 7.37 Å². The normalized spacial score (nSPS) is 19.7. The van der Waals surface area contributed by atoms with E-state index in [0.29, 0.717) is 0 Å². The summed E-state index contributed by atoms with van der Waals surface area (Å²) in [5.74, 6) is 0.796. The number of hydrogen-bond acceptors (Lipinski definition) is 2. The van der Waals surface area contributed by atoms with E-state index in [2.05, 4.69) is 55.5 Å². The predicted molar refractivity (Wildman–Crippen MR) is 143 cm³/mol. The van der Waals surface area contributed by atoms with Crippen molar-refractivity contribution in [3.63, 3.8) is 0 Å². The van der Waals surface area contributed by atoms with Crippen LogP contribution in [0.1, 0.15) is 48.8 Å². The standard InChI is InChI=1S/C31H29O2P/c1-2-3-21-28-27-22-13-14-23-29(27)34(32,26-19-11-6-12-20-26)33-31(25-17-9-5-10-18-25)30(28)24-15-7-4-8-16-24/h4-20,22-23,28H,2-3,21H2,1H3. The van der Waals surface area contributed by atoms with E-state index in [1.807, 2.05) is 66.7 Å². The van der Waals surface area contributed by atoms with Crippen LogP contribution in [0.2, 0.25) is 0 Å². The number of fused-ring (bicyclic) bond motifs is 1. The zero-order valence-corrected chi connectivity index (χ0v) is 20.3. The average molecular weight is 465 g/mol. The van der Waals surface area contributed by atoms with Gasteiger partial charge in [0.2, 0.25) is 0 Å². The molecule has 0 radical (unpaired) electrons. The third kappa shape index (κ3) is 4.15. The van der Waals surface area contributed by atoms with Gasteiger partial charge in [-0.1, -0.05) is 117 Å². The molecule has 170 valence electrons. The van der Waals surface area contributed by atoms with E-state index in [-0.39, 0.29) is 5.92 Å². The van der Waals surface area contributed by atoms with E-state index in [9.17, 15) is 0 Å². The van der Waals surface area contributed by atoms with Gasteiger partial charge in [0.1, 0.15) is 5.76 Å². The molecular weight excluding hydrogens is 435 g/mol. The highest BCUT2D eigenvalue weighted by Crippen LogP contribution is 2.57. The summed E-state index contributed by atoms with van der Waals surface area (Å²) in [5, 5.41) is 1.53. The molecule has 0 spiro atoms. The summed E-state index contributed by atoms with van der Waals surface area (Å²) < 4.78 is 21.8. The highest BCUT2D eigenvalue weighted by molar-refractivity contribution is 7.74. The molecule has 1 aliphatic heterocycles. The molecule has 0 saturated heterocycles. The Morgan fingerprint density at radius 3 is 1.91 bits per heavy atom. The lowest BCUT2D eigenvalue weighted by Crippen LogP contribution is -2.21. The average Bonchev–Trinajstić information content (AvgIpc) is 3.02. The molecular formula is C31H29O2P. The maximum atomic E-state index is 15.0. The maximum Gasteiger partial charge on any atom is 0.307 e. The lowest BCUT2D eigenvalue weighted by atomic mass is 9.81. The van der Waals surface area contributed by atoms with Gasteiger partial charge >= 0.3 is 7.37 Å². The SMILES string of the molecule is CCCCC1C(c2ccccc2)=C(c2ccccc2)OP(=O)(c2ccccc2)c2ccccc21. The molecule has 34 heavy (non-hydrogen) atoms. The first kappa shape index (κ1) is 22.4. The molecule has 4 aromatic rings. The molecule has 0 aliphatic carbocycles. The van der Waals surface area contributed by atoms with E-state index in [0.717, 1.165) is 57.9 Å². The minimum absolute atomic E-state index is 0.0771. The van der Waals surface area contributed by atoms with Crippen molar-refractivity contribution in [2.45, 2.75) is 32.1 Å². The second-order valence-electron chi connectivity index (χ2n) is 8.71. The van der Waals surface area contributed by atoms with Crippen molar-refractivity contribution < 1.29 is 9.09 Å². The summed E-state index contributed by atoms with van der Waals surface area (Å²) in [6, 6.07) is 38.4. The Bertz CT molecular complexity index is 1330. The molecule has 3 heteroatoms. The smallest absolute Gasteiger partial charge is 0.307 e. The first-order valence-corrected chi connectivity index (χ1v) is 13.6. The number of benzene rings is 4. The number of unbranched alkanes of at least 4 members (excludes halogenated alkanes) is 1. The van der Waals surface area contributed by atoms with Crippen molar-refractivity contribution in [2.24, 2.45) is 0 Å². The van der Waals surface area contributed by atoms with Gasteiger partial charge in [0.15, 0.2) is 0 Å². The lowest BCUT2D eigenvalue weighted by Gasteiger charge is -2.23. The quantitative estimate of drug-likeness (QED) is 0.272. The summed E-state index contributed by atoms with van der Waals surface area (Å²) in [6.45, 7) is 2.22. The molecule has 0 N–H and O–H groups in total. The topological polar surface area (TPSA) is 26.3 Å². The third-order valence-corrected chi connectivity index (χ3v) is 8.96. The third-order valence-electron chi connectivity index (χ3n) is 6.51. The monoisotopic (exact) mass is 464 g/mol. The van der Waals surface area contributed by atoms with Crippen LogP contribution in [0.5, 0.6) is 0 Å². The van der Waals surface area contributed by atoms with Gasteiger partial charge in [-0.05, 0) is 35.7 Å². The molecule has 0 fully saturated rings. The van der Waals surface area contributed by atoms with Crippen LogP contribution in [0.3, 0.4) is 0 Å². The van der Waals surface area contributed by atoms with Crippen molar-refractivity contribution in [3.8, 4) is 0 Å². The van der Waals surface area contributed by atoms with Crippen molar-refractivity contribution in [2.75, 3.05) is 0 Å². The minimum Gasteiger partial charge on any atom is -0.436 e. The van der Waals surface area contributed by atoms with E-state index in [1.165, 1.54) is 0 Å². The second kappa shape index (κ2) is 9.87. The lowest BCUT2D eigenvalue weighted by molar-refractivity contribution is 0.482. The van der Waals surface area contributed by atoms with Crippen LogP contribution < -0.4 is 10.6 Å². The first-order chi connectivity index (χ1) is 16.7. The molecule has 2 atom stereocenters. The maximum absolute atomic E-state index is 15.0. The van der Waals surface area contributed by atoms with Gasteiger partial charge in [-0.2, -0.15) is 0 Å². The fourth-order valence-corrected chi connectivity index (χ4v) is 7.22. The fraction of sp³-hybridized carbons (Fsp3) is 0.161. The summed E-state index contributed by atoms with van der Waals surface area (Å²) in [5.41, 5.74) is 4.28. The van der Waals surface area contributed by atoms with Crippen LogP contribution in [0, 0.1) is 0 Å². The Kier molecular flexibility index (Phi) is 6.52. The molecule has 2 unspecified atom stereocenters. The summed E-state index contributed by atoms with van der Waals surface area (Å²) >= 11 is 0. The van der Waals surface area contributed by atoms with Crippen molar-refractivity contribution in [1.29, 1.82) is 0 Å². The number of hydrogen-bond donors (Lipinski definition) is 0. The summed E-state index contributed by atoms with van der Waals surface area (Å²) in [4.78, 5) is 0. The van der Waals surface area contributed by atoms with E-state index >= 15 is 4.57 Å². The van der Waals surface area contributed by atoms with Crippen LogP contribution in [0.15, 0.2) is 115 Å². The zero-order chi connectivity index (χ0) is 23.4. The Hall–Kier alpha value is -3.35. The molecule has 1 heterocycles. The molecule has 0 amide bonds. The van der Waals surface area contributed by atoms with Gasteiger partial charge in [-0.3, -0.25) is 4.57 Å². The van der Waals surface area contributed by atoms with Crippen molar-refractivity contribution in [1.82, 2.24) is 0 Å². The van der Waals surface area contributed by atoms with Gasteiger partial charge in [-0.15, -0.1) is 0 Å². The van der Waals surface area contributed by atoms with Gasteiger partial charge in [0.05, 0.1) is 10.6 Å². The van der Waals surface area contributed by atoms with Crippen LogP contribution in [-0.4, -0.2) is 0 Å². The van der Waals surface area contributed by atoms with E-state index in [1.54, 1.807) is 0 Å². The molecule has 1 aliphatic rings. The Labute approximate surface area is 202 Å². The second-order valence-corrected chi connectivity index (χ2v) is 11.0. The fourth-order valence-electron chi connectivity index (χ4n) is 4.86. The Morgan fingerprint density at radius 1 is 0.706 bits per heavy atom. The summed E-state index contributed by atoms with van der Waals surface area (Å²) in [6.07, 6.45) is 3.14. The van der Waals surface area contributed by atoms with Crippen LogP contribution in [0.4, 0.5) is 0 Å².